The number of carbonyl (C=O) groups excluding carboxylic acids is 1. The summed E-state index contributed by atoms with van der Waals surface area (Å²) in [6, 6.07) is 3.52. The molecule has 0 aliphatic heterocycles. The zero-order valence-electron chi connectivity index (χ0n) is 10.4. The van der Waals surface area contributed by atoms with Gasteiger partial charge in [-0.2, -0.15) is 0 Å². The van der Waals surface area contributed by atoms with Crippen LogP contribution in [0.2, 0.25) is 0 Å². The Morgan fingerprint density at radius 1 is 1.37 bits per heavy atom. The van der Waals surface area contributed by atoms with Crippen molar-refractivity contribution in [2.24, 2.45) is 0 Å². The summed E-state index contributed by atoms with van der Waals surface area (Å²) in [5.74, 6) is -2.34. The molecule has 7 heteroatoms. The third-order valence-electron chi connectivity index (χ3n) is 2.45. The SMILES string of the molecule is CC(C)c1nc(C(=O)Nc2cccc(F)c2F)n[nH]1. The molecule has 0 unspecified atom stereocenters. The molecule has 5 nitrogen and oxygen atoms in total. The highest BCUT2D eigenvalue weighted by Crippen LogP contribution is 2.17. The van der Waals surface area contributed by atoms with Crippen molar-refractivity contribution in [3.05, 3.63) is 41.5 Å². The van der Waals surface area contributed by atoms with Gasteiger partial charge in [0.2, 0.25) is 5.82 Å². The van der Waals surface area contributed by atoms with Crippen LogP contribution in [-0.2, 0) is 0 Å². The van der Waals surface area contributed by atoms with Gasteiger partial charge in [0.1, 0.15) is 5.82 Å². The number of hydrogen-bond acceptors (Lipinski definition) is 3. The second kappa shape index (κ2) is 5.13. The minimum absolute atomic E-state index is 0.0833. The lowest BCUT2D eigenvalue weighted by Gasteiger charge is -2.04. The number of halogens is 2. The Labute approximate surface area is 108 Å². The molecule has 2 aromatic rings. The van der Waals surface area contributed by atoms with Crippen LogP contribution in [0.15, 0.2) is 18.2 Å². The van der Waals surface area contributed by atoms with Crippen molar-refractivity contribution in [1.29, 1.82) is 0 Å². The average Bonchev–Trinajstić information content (AvgIpc) is 2.84. The molecule has 0 atom stereocenters. The van der Waals surface area contributed by atoms with E-state index in [1.54, 1.807) is 0 Å². The van der Waals surface area contributed by atoms with Gasteiger partial charge >= 0.3 is 0 Å². The third kappa shape index (κ3) is 2.75. The van der Waals surface area contributed by atoms with E-state index in [4.69, 9.17) is 0 Å². The number of amides is 1. The summed E-state index contributed by atoms with van der Waals surface area (Å²) in [6.45, 7) is 3.77. The first-order valence-corrected chi connectivity index (χ1v) is 5.66. The van der Waals surface area contributed by atoms with E-state index in [0.29, 0.717) is 5.82 Å². The van der Waals surface area contributed by atoms with E-state index in [1.807, 2.05) is 13.8 Å². The number of benzene rings is 1. The number of nitrogens with one attached hydrogen (secondary N) is 2. The number of aromatic nitrogens is 3. The standard InChI is InChI=1S/C12H12F2N4O/c1-6(2)10-16-11(18-17-10)12(19)15-8-5-3-4-7(13)9(8)14/h3-6H,1-2H3,(H,15,19)(H,16,17,18). The van der Waals surface area contributed by atoms with Gasteiger partial charge in [-0.3, -0.25) is 9.89 Å². The molecule has 0 spiro atoms. The number of carbonyl (C=O) groups is 1. The van der Waals surface area contributed by atoms with Crippen LogP contribution < -0.4 is 5.32 Å². The Kier molecular flexibility index (Phi) is 3.55. The number of aromatic amines is 1. The van der Waals surface area contributed by atoms with Gasteiger partial charge in [-0.15, -0.1) is 5.10 Å². The van der Waals surface area contributed by atoms with Crippen molar-refractivity contribution in [1.82, 2.24) is 15.2 Å². The first-order chi connectivity index (χ1) is 8.99. The summed E-state index contributed by atoms with van der Waals surface area (Å²) in [6.07, 6.45) is 0. The first kappa shape index (κ1) is 13.1. The van der Waals surface area contributed by atoms with E-state index in [0.717, 1.165) is 6.07 Å². The number of anilines is 1. The first-order valence-electron chi connectivity index (χ1n) is 5.66. The molecule has 1 aromatic heterocycles. The molecule has 0 saturated heterocycles. The number of rotatable bonds is 3. The molecule has 2 N–H and O–H groups in total. The smallest absolute Gasteiger partial charge is 0.295 e. The van der Waals surface area contributed by atoms with Crippen LogP contribution in [0.4, 0.5) is 14.5 Å². The lowest BCUT2D eigenvalue weighted by atomic mass is 10.2. The van der Waals surface area contributed by atoms with Crippen molar-refractivity contribution in [2.45, 2.75) is 19.8 Å². The zero-order valence-corrected chi connectivity index (χ0v) is 10.4. The molecule has 0 bridgehead atoms. The van der Waals surface area contributed by atoms with Crippen molar-refractivity contribution in [2.75, 3.05) is 5.32 Å². The Balaban J connectivity index is 2.18. The Hall–Kier alpha value is -2.31. The molecule has 0 aliphatic carbocycles. The van der Waals surface area contributed by atoms with Crippen molar-refractivity contribution in [3.8, 4) is 0 Å². The van der Waals surface area contributed by atoms with Crippen LogP contribution in [0.25, 0.3) is 0 Å². The van der Waals surface area contributed by atoms with E-state index in [-0.39, 0.29) is 17.4 Å². The number of H-pyrrole nitrogens is 1. The maximum absolute atomic E-state index is 13.4. The van der Waals surface area contributed by atoms with Crippen LogP contribution in [0.1, 0.15) is 36.2 Å². The Morgan fingerprint density at radius 2 is 2.11 bits per heavy atom. The van der Waals surface area contributed by atoms with E-state index in [2.05, 4.69) is 20.5 Å². The van der Waals surface area contributed by atoms with Gasteiger partial charge in [0.05, 0.1) is 5.69 Å². The molecule has 0 fully saturated rings. The number of hydrogen-bond donors (Lipinski definition) is 2. The molecule has 100 valence electrons. The number of nitrogens with zero attached hydrogens (tertiary/aromatic N) is 2. The minimum atomic E-state index is -1.12. The summed E-state index contributed by atoms with van der Waals surface area (Å²) >= 11 is 0. The normalized spacial score (nSPS) is 10.8. The maximum Gasteiger partial charge on any atom is 0.295 e. The molecule has 1 amide bonds. The largest absolute Gasteiger partial charge is 0.317 e. The molecule has 1 aromatic carbocycles. The Morgan fingerprint density at radius 3 is 2.74 bits per heavy atom. The molecular weight excluding hydrogens is 254 g/mol. The fourth-order valence-corrected chi connectivity index (χ4v) is 1.41. The monoisotopic (exact) mass is 266 g/mol. The third-order valence-corrected chi connectivity index (χ3v) is 2.45. The highest BCUT2D eigenvalue weighted by Gasteiger charge is 2.16. The molecule has 0 aliphatic rings. The van der Waals surface area contributed by atoms with E-state index in [1.165, 1.54) is 12.1 Å². The van der Waals surface area contributed by atoms with Crippen LogP contribution in [0, 0.1) is 11.6 Å². The van der Waals surface area contributed by atoms with E-state index in [9.17, 15) is 13.6 Å². The van der Waals surface area contributed by atoms with Crippen molar-refractivity contribution < 1.29 is 13.6 Å². The molecular formula is C12H12F2N4O. The summed E-state index contributed by atoms with van der Waals surface area (Å²) in [5, 5.41) is 8.55. The molecule has 0 saturated carbocycles. The zero-order chi connectivity index (χ0) is 14.0. The second-order valence-electron chi connectivity index (χ2n) is 4.25. The van der Waals surface area contributed by atoms with Gasteiger partial charge in [-0.25, -0.2) is 13.8 Å². The fraction of sp³-hybridized carbons (Fsp3) is 0.250. The predicted molar refractivity (Wildman–Crippen MR) is 64.8 cm³/mol. The summed E-state index contributed by atoms with van der Waals surface area (Å²) < 4.78 is 26.4. The van der Waals surface area contributed by atoms with Crippen LogP contribution in [-0.4, -0.2) is 21.1 Å². The summed E-state index contributed by atoms with van der Waals surface area (Å²) in [7, 11) is 0. The van der Waals surface area contributed by atoms with Gasteiger partial charge in [0.25, 0.3) is 5.91 Å². The highest BCUT2D eigenvalue weighted by atomic mass is 19.2. The van der Waals surface area contributed by atoms with Crippen LogP contribution in [0.3, 0.4) is 0 Å². The van der Waals surface area contributed by atoms with E-state index < -0.39 is 17.5 Å². The molecule has 1 heterocycles. The molecule has 0 radical (unpaired) electrons. The lowest BCUT2D eigenvalue weighted by molar-refractivity contribution is 0.101. The highest BCUT2D eigenvalue weighted by molar-refractivity contribution is 6.01. The van der Waals surface area contributed by atoms with Gasteiger partial charge in [0, 0.05) is 5.92 Å². The topological polar surface area (TPSA) is 70.7 Å². The average molecular weight is 266 g/mol. The van der Waals surface area contributed by atoms with Gasteiger partial charge in [0.15, 0.2) is 11.6 Å². The van der Waals surface area contributed by atoms with E-state index >= 15 is 0 Å². The predicted octanol–water partition coefficient (Wildman–Crippen LogP) is 2.46. The van der Waals surface area contributed by atoms with Crippen molar-refractivity contribution in [3.63, 3.8) is 0 Å². The van der Waals surface area contributed by atoms with Crippen molar-refractivity contribution >= 4 is 11.6 Å². The second-order valence-corrected chi connectivity index (χ2v) is 4.25. The van der Waals surface area contributed by atoms with Gasteiger partial charge in [-0.05, 0) is 12.1 Å². The lowest BCUT2D eigenvalue weighted by Crippen LogP contribution is -2.15. The molecule has 2 rings (SSSR count). The van der Waals surface area contributed by atoms with Gasteiger partial charge < -0.3 is 5.32 Å². The van der Waals surface area contributed by atoms with Gasteiger partial charge in [-0.1, -0.05) is 19.9 Å². The summed E-state index contributed by atoms with van der Waals surface area (Å²) in [4.78, 5) is 15.7. The maximum atomic E-state index is 13.4. The molecule has 19 heavy (non-hydrogen) atoms. The quantitative estimate of drug-likeness (QED) is 0.896. The Bertz CT molecular complexity index is 610. The minimum Gasteiger partial charge on any atom is -0.317 e. The summed E-state index contributed by atoms with van der Waals surface area (Å²) in [5.41, 5.74) is -0.249. The van der Waals surface area contributed by atoms with Crippen LogP contribution >= 0.6 is 0 Å². The fourth-order valence-electron chi connectivity index (χ4n) is 1.41. The van der Waals surface area contributed by atoms with Crippen LogP contribution in [0.5, 0.6) is 0 Å².